The quantitative estimate of drug-likeness (QED) is 0.177. The van der Waals surface area contributed by atoms with Gasteiger partial charge in [-0.2, -0.15) is 0 Å². The van der Waals surface area contributed by atoms with Crippen molar-refractivity contribution in [1.82, 2.24) is 10.6 Å². The van der Waals surface area contributed by atoms with E-state index in [4.69, 9.17) is 4.74 Å². The predicted octanol–water partition coefficient (Wildman–Crippen LogP) is 7.44. The van der Waals surface area contributed by atoms with E-state index < -0.39 is 17.8 Å². The summed E-state index contributed by atoms with van der Waals surface area (Å²) in [6.45, 7) is 22.3. The van der Waals surface area contributed by atoms with Gasteiger partial charge >= 0.3 is 5.97 Å². The van der Waals surface area contributed by atoms with Crippen LogP contribution in [0, 0.1) is 18.8 Å². The third kappa shape index (κ3) is 8.87. The van der Waals surface area contributed by atoms with Gasteiger partial charge in [0.2, 0.25) is 5.91 Å². The molecule has 1 amide bonds. The molecule has 0 saturated heterocycles. The Morgan fingerprint density at radius 2 is 1.65 bits per heavy atom. The van der Waals surface area contributed by atoms with Crippen molar-refractivity contribution >= 4 is 11.9 Å². The van der Waals surface area contributed by atoms with Crippen LogP contribution in [0.4, 0.5) is 0 Å². The average Bonchev–Trinajstić information content (AvgIpc) is 2.90. The number of aryl methyl sites for hydroxylation is 1. The zero-order chi connectivity index (χ0) is 30.0. The molecular weight excluding hydrogens is 500 g/mol. The minimum absolute atomic E-state index is 0.279. The van der Waals surface area contributed by atoms with Crippen LogP contribution in [0.3, 0.4) is 0 Å². The van der Waals surface area contributed by atoms with E-state index >= 15 is 0 Å². The smallest absolute Gasteiger partial charge is 0.307 e. The van der Waals surface area contributed by atoms with Crippen molar-refractivity contribution in [3.63, 3.8) is 0 Å². The zero-order valence-corrected chi connectivity index (χ0v) is 25.0. The third-order valence-corrected chi connectivity index (χ3v) is 7.43. The Morgan fingerprint density at radius 1 is 1.02 bits per heavy atom. The Kier molecular flexibility index (Phi) is 12.2. The number of methoxy groups -OCH3 is 1. The predicted molar refractivity (Wildman–Crippen MR) is 163 cm³/mol. The molecule has 6 nitrogen and oxygen atoms in total. The first kappa shape index (κ1) is 32.4. The second-order valence-electron chi connectivity index (χ2n) is 10.9. The van der Waals surface area contributed by atoms with Crippen molar-refractivity contribution in [3.05, 3.63) is 107 Å². The van der Waals surface area contributed by atoms with Crippen molar-refractivity contribution in [3.8, 4) is 0 Å². The maximum absolute atomic E-state index is 13.1. The SMILES string of the molecule is C=C(C[C@H](C)c1ccccc1C)N\C(C(=C)C)=C(OC)/C(C)=C/C=C(/NC(=O)[C@H]1CCCC[C@@H]1C(=O)O)C(=C)C. The van der Waals surface area contributed by atoms with E-state index in [1.165, 1.54) is 11.1 Å². The number of hydrogen-bond donors (Lipinski definition) is 3. The maximum atomic E-state index is 13.1. The molecule has 6 heteroatoms. The molecule has 1 aromatic rings. The lowest BCUT2D eigenvalue weighted by atomic mass is 9.78. The van der Waals surface area contributed by atoms with Gasteiger partial charge in [-0.3, -0.25) is 9.59 Å². The van der Waals surface area contributed by atoms with Gasteiger partial charge in [0.05, 0.1) is 24.6 Å². The van der Waals surface area contributed by atoms with Crippen molar-refractivity contribution in [2.75, 3.05) is 7.11 Å². The molecule has 0 bridgehead atoms. The molecule has 3 N–H and O–H groups in total. The lowest BCUT2D eigenvalue weighted by molar-refractivity contribution is -0.148. The molecular formula is C34H46N2O4. The van der Waals surface area contributed by atoms with E-state index in [1.54, 1.807) is 20.1 Å². The molecule has 0 spiro atoms. The highest BCUT2D eigenvalue weighted by Crippen LogP contribution is 2.31. The Bertz CT molecular complexity index is 1230. The van der Waals surface area contributed by atoms with E-state index in [0.29, 0.717) is 29.9 Å². The van der Waals surface area contributed by atoms with E-state index in [-0.39, 0.29) is 11.8 Å². The van der Waals surface area contributed by atoms with E-state index in [2.05, 4.69) is 62.4 Å². The molecule has 0 radical (unpaired) electrons. The molecule has 2 rings (SSSR count). The number of ether oxygens (including phenoxy) is 1. The number of nitrogens with one attached hydrogen (secondary N) is 2. The fraction of sp³-hybridized carbons (Fsp3) is 0.412. The summed E-state index contributed by atoms with van der Waals surface area (Å²) in [7, 11) is 1.61. The van der Waals surface area contributed by atoms with Gasteiger partial charge in [0, 0.05) is 11.4 Å². The molecule has 0 unspecified atom stereocenters. The number of aliphatic carboxylic acids is 1. The monoisotopic (exact) mass is 546 g/mol. The molecule has 3 atom stereocenters. The second kappa shape index (κ2) is 15.1. The second-order valence-corrected chi connectivity index (χ2v) is 10.9. The van der Waals surface area contributed by atoms with Crippen LogP contribution in [0.5, 0.6) is 0 Å². The summed E-state index contributed by atoms with van der Waals surface area (Å²) in [5.41, 5.74) is 6.93. The molecule has 216 valence electrons. The van der Waals surface area contributed by atoms with Crippen LogP contribution >= 0.6 is 0 Å². The number of benzene rings is 1. The number of carbonyl (C=O) groups is 2. The third-order valence-electron chi connectivity index (χ3n) is 7.43. The Hall–Kier alpha value is -3.80. The Labute approximate surface area is 240 Å². The molecule has 1 saturated carbocycles. The molecule has 1 aliphatic carbocycles. The lowest BCUT2D eigenvalue weighted by Gasteiger charge is -2.27. The summed E-state index contributed by atoms with van der Waals surface area (Å²) < 4.78 is 5.80. The van der Waals surface area contributed by atoms with Gasteiger partial charge in [0.1, 0.15) is 5.76 Å². The number of amides is 1. The van der Waals surface area contributed by atoms with Crippen molar-refractivity contribution in [1.29, 1.82) is 0 Å². The molecule has 40 heavy (non-hydrogen) atoms. The standard InChI is InChI=1S/C34H46N2O4/c1-21(2)30(36-33(37)28-16-12-13-17-29(28)34(38)39)19-18-24(6)32(40-9)31(22(3)4)35-26(8)20-25(7)27-15-11-10-14-23(27)5/h10-11,14-15,18-19,25,28-29,35H,1,3,8,12-13,16-17,20H2,2,4-7,9H3,(H,36,37)(H,38,39)/b24-18+,30-19+,32-31+/t25-,28-,29-/m0/s1. The molecule has 1 aromatic carbocycles. The molecule has 0 heterocycles. The summed E-state index contributed by atoms with van der Waals surface area (Å²) in [4.78, 5) is 24.7. The summed E-state index contributed by atoms with van der Waals surface area (Å²) in [6.07, 6.45) is 7.13. The average molecular weight is 547 g/mol. The summed E-state index contributed by atoms with van der Waals surface area (Å²) in [5.74, 6) is -1.52. The minimum Gasteiger partial charge on any atom is -0.494 e. The Balaban J connectivity index is 2.27. The first-order valence-corrected chi connectivity index (χ1v) is 13.9. The van der Waals surface area contributed by atoms with Crippen LogP contribution < -0.4 is 10.6 Å². The van der Waals surface area contributed by atoms with Crippen LogP contribution in [-0.4, -0.2) is 24.1 Å². The van der Waals surface area contributed by atoms with Gasteiger partial charge in [-0.1, -0.05) is 69.8 Å². The molecule has 1 aliphatic rings. The van der Waals surface area contributed by atoms with Gasteiger partial charge in [-0.05, 0) is 86.8 Å². The van der Waals surface area contributed by atoms with Crippen molar-refractivity contribution in [2.24, 2.45) is 11.8 Å². The minimum atomic E-state index is -0.916. The van der Waals surface area contributed by atoms with Crippen molar-refractivity contribution < 1.29 is 19.4 Å². The molecule has 0 aromatic heterocycles. The van der Waals surface area contributed by atoms with E-state index in [9.17, 15) is 14.7 Å². The highest BCUT2D eigenvalue weighted by atomic mass is 16.5. The van der Waals surface area contributed by atoms with Crippen LogP contribution in [0.25, 0.3) is 0 Å². The number of carbonyl (C=O) groups excluding carboxylic acids is 1. The van der Waals surface area contributed by atoms with E-state index in [0.717, 1.165) is 41.8 Å². The van der Waals surface area contributed by atoms with Gasteiger partial charge in [-0.15, -0.1) is 0 Å². The van der Waals surface area contributed by atoms with Gasteiger partial charge in [0.25, 0.3) is 0 Å². The van der Waals surface area contributed by atoms with Crippen LogP contribution in [0.2, 0.25) is 0 Å². The number of carboxylic acids is 1. The fourth-order valence-electron chi connectivity index (χ4n) is 5.20. The van der Waals surface area contributed by atoms with Gasteiger partial charge in [-0.25, -0.2) is 0 Å². The number of allylic oxidation sites excluding steroid dienone is 6. The highest BCUT2D eigenvalue weighted by Gasteiger charge is 2.35. The van der Waals surface area contributed by atoms with Crippen LogP contribution in [0.15, 0.2) is 95.7 Å². The number of hydrogen-bond acceptors (Lipinski definition) is 4. The van der Waals surface area contributed by atoms with E-state index in [1.807, 2.05) is 26.0 Å². The van der Waals surface area contributed by atoms with Crippen molar-refractivity contribution in [2.45, 2.75) is 72.6 Å². The Morgan fingerprint density at radius 3 is 2.20 bits per heavy atom. The first-order valence-electron chi connectivity index (χ1n) is 13.9. The number of rotatable bonds is 13. The fourth-order valence-corrected chi connectivity index (χ4v) is 5.20. The number of carboxylic acid groups (broad SMARTS) is 1. The normalized spacial score (nSPS) is 19.1. The topological polar surface area (TPSA) is 87.7 Å². The van der Waals surface area contributed by atoms with Gasteiger partial charge in [0.15, 0.2) is 0 Å². The summed E-state index contributed by atoms with van der Waals surface area (Å²) >= 11 is 0. The summed E-state index contributed by atoms with van der Waals surface area (Å²) in [6, 6.07) is 8.37. The molecule has 1 fully saturated rings. The zero-order valence-electron chi connectivity index (χ0n) is 25.0. The lowest BCUT2D eigenvalue weighted by Crippen LogP contribution is -2.39. The highest BCUT2D eigenvalue weighted by molar-refractivity contribution is 5.86. The van der Waals surface area contributed by atoms with Gasteiger partial charge < -0.3 is 20.5 Å². The largest absolute Gasteiger partial charge is 0.494 e. The van der Waals surface area contributed by atoms with Crippen LogP contribution in [-0.2, 0) is 14.3 Å². The van der Waals surface area contributed by atoms with Crippen LogP contribution in [0.1, 0.15) is 76.8 Å². The summed E-state index contributed by atoms with van der Waals surface area (Å²) in [5, 5.41) is 15.9. The maximum Gasteiger partial charge on any atom is 0.307 e. The first-order chi connectivity index (χ1) is 18.9. The molecule has 0 aliphatic heterocycles.